The van der Waals surface area contributed by atoms with Gasteiger partial charge in [0.15, 0.2) is 5.69 Å². The summed E-state index contributed by atoms with van der Waals surface area (Å²) in [5, 5.41) is 23.8. The number of fused-ring (bicyclic) bond motifs is 8. The normalized spacial score (nSPS) is 24.4. The van der Waals surface area contributed by atoms with Gasteiger partial charge in [-0.2, -0.15) is 5.23 Å². The van der Waals surface area contributed by atoms with Gasteiger partial charge in [-0.05, 0) is 60.1 Å². The van der Waals surface area contributed by atoms with E-state index in [4.69, 9.17) is 4.74 Å². The lowest BCUT2D eigenvalue weighted by atomic mass is 9.70. The maximum absolute atomic E-state index is 14.2. The monoisotopic (exact) mass is 544 g/mol. The molecule has 6 rings (SSSR count). The first kappa shape index (κ1) is 26.6. The Bertz CT molecular complexity index is 1470. The zero-order chi connectivity index (χ0) is 28.1. The average molecular weight is 545 g/mol. The number of anilines is 1. The fourth-order valence-electron chi connectivity index (χ4n) is 7.19. The summed E-state index contributed by atoms with van der Waals surface area (Å²) in [6.07, 6.45) is 1.37. The molecule has 6 unspecified atom stereocenters. The summed E-state index contributed by atoms with van der Waals surface area (Å²) in [5.41, 5.74) is 4.15. The van der Waals surface area contributed by atoms with E-state index < -0.39 is 5.23 Å². The number of carbonyl (C=O) groups excluding carboxylic acids is 1. The lowest BCUT2D eigenvalue weighted by molar-refractivity contribution is -0.991. The predicted octanol–water partition coefficient (Wildman–Crippen LogP) is 2.94. The van der Waals surface area contributed by atoms with Crippen molar-refractivity contribution in [3.8, 4) is 5.75 Å². The van der Waals surface area contributed by atoms with Crippen molar-refractivity contribution in [2.24, 2.45) is 17.8 Å². The number of pyridine rings is 1. The van der Waals surface area contributed by atoms with E-state index in [1.54, 1.807) is 25.3 Å². The van der Waals surface area contributed by atoms with Gasteiger partial charge in [-0.15, -0.1) is 0 Å². The number of ether oxygens (including phenoxy) is 1. The summed E-state index contributed by atoms with van der Waals surface area (Å²) < 4.78 is 7.21. The molecule has 1 aromatic heterocycles. The van der Waals surface area contributed by atoms with E-state index in [0.717, 1.165) is 34.7 Å². The van der Waals surface area contributed by atoms with Crippen LogP contribution < -0.4 is 25.7 Å². The Labute approximate surface area is 233 Å². The van der Waals surface area contributed by atoms with Gasteiger partial charge < -0.3 is 24.7 Å². The second-order valence-electron chi connectivity index (χ2n) is 11.7. The first-order chi connectivity index (χ1) is 19.2. The van der Waals surface area contributed by atoms with Crippen LogP contribution in [0.25, 0.3) is 0 Å². The fourth-order valence-corrected chi connectivity index (χ4v) is 7.19. The van der Waals surface area contributed by atoms with Gasteiger partial charge in [0.25, 0.3) is 5.56 Å². The molecular formula is C31H36N4O5. The van der Waals surface area contributed by atoms with E-state index in [-0.39, 0.29) is 52.9 Å². The summed E-state index contributed by atoms with van der Waals surface area (Å²) in [6.45, 7) is 5.43. The van der Waals surface area contributed by atoms with Crippen LogP contribution in [0.2, 0.25) is 0 Å². The van der Waals surface area contributed by atoms with Crippen LogP contribution in [0.3, 0.4) is 0 Å². The molecule has 2 aromatic carbocycles. The SMILES string of the molecule is COc1ccc(C(NC(=O)C2Cc3cc([NH+]([O-])O)ccc3N3CC4CC(Cn5c4cccc5=O)C23)C(C)C)cc1. The first-order valence-electron chi connectivity index (χ1n) is 14.0. The molecule has 9 heteroatoms. The minimum absolute atomic E-state index is 0.00309. The summed E-state index contributed by atoms with van der Waals surface area (Å²) in [4.78, 5) is 29.3. The highest BCUT2D eigenvalue weighted by molar-refractivity contribution is 5.83. The van der Waals surface area contributed by atoms with E-state index >= 15 is 0 Å². The molecule has 1 saturated heterocycles. The molecule has 4 heterocycles. The smallest absolute Gasteiger partial charge is 0.250 e. The van der Waals surface area contributed by atoms with Crippen LogP contribution in [0.15, 0.2) is 65.5 Å². The number of nitrogens with zero attached hydrogens (tertiary/aromatic N) is 2. The second-order valence-corrected chi connectivity index (χ2v) is 11.7. The van der Waals surface area contributed by atoms with Gasteiger partial charge >= 0.3 is 0 Å². The highest BCUT2D eigenvalue weighted by atomic mass is 16.8. The summed E-state index contributed by atoms with van der Waals surface area (Å²) >= 11 is 0. The van der Waals surface area contributed by atoms with Crippen molar-refractivity contribution < 1.29 is 20.0 Å². The van der Waals surface area contributed by atoms with Gasteiger partial charge in [-0.25, -0.2) is 5.21 Å². The number of nitrogens with one attached hydrogen (secondary N) is 2. The van der Waals surface area contributed by atoms with Crippen LogP contribution in [0, 0.1) is 23.0 Å². The third-order valence-corrected chi connectivity index (χ3v) is 9.03. The van der Waals surface area contributed by atoms with Gasteiger partial charge in [0, 0.05) is 54.6 Å². The molecule has 0 saturated carbocycles. The molecule has 210 valence electrons. The highest BCUT2D eigenvalue weighted by Gasteiger charge is 2.49. The minimum Gasteiger partial charge on any atom is -0.595 e. The Morgan fingerprint density at radius 2 is 1.90 bits per heavy atom. The van der Waals surface area contributed by atoms with Crippen LogP contribution in [0.5, 0.6) is 5.75 Å². The van der Waals surface area contributed by atoms with Crippen LogP contribution >= 0.6 is 0 Å². The van der Waals surface area contributed by atoms with Crippen LogP contribution in [-0.4, -0.2) is 35.4 Å². The lowest BCUT2D eigenvalue weighted by Gasteiger charge is -2.54. The number of piperidine rings is 1. The molecule has 3 N–H and O–H groups in total. The molecule has 6 atom stereocenters. The molecule has 0 spiro atoms. The van der Waals surface area contributed by atoms with E-state index in [0.29, 0.717) is 19.5 Å². The third kappa shape index (κ3) is 4.58. The molecule has 1 fully saturated rings. The Morgan fingerprint density at radius 3 is 2.60 bits per heavy atom. The summed E-state index contributed by atoms with van der Waals surface area (Å²) in [6, 6.07) is 18.2. The minimum atomic E-state index is -0.978. The molecule has 1 amide bonds. The number of benzene rings is 2. The Morgan fingerprint density at radius 1 is 1.12 bits per heavy atom. The first-order valence-corrected chi connectivity index (χ1v) is 14.0. The molecular weight excluding hydrogens is 508 g/mol. The number of hydrogen-bond acceptors (Lipinski definition) is 6. The number of aromatic nitrogens is 1. The second kappa shape index (κ2) is 10.4. The number of carbonyl (C=O) groups is 1. The fraction of sp³-hybridized carbons (Fsp3) is 0.419. The summed E-state index contributed by atoms with van der Waals surface area (Å²) in [5.74, 6) is 0.770. The van der Waals surface area contributed by atoms with Crippen molar-refractivity contribution in [1.82, 2.24) is 9.88 Å². The van der Waals surface area contributed by atoms with Crippen LogP contribution in [-0.2, 0) is 17.8 Å². The molecule has 0 aliphatic carbocycles. The number of methoxy groups -OCH3 is 1. The van der Waals surface area contributed by atoms with Crippen molar-refractivity contribution >= 4 is 17.3 Å². The Kier molecular flexibility index (Phi) is 6.90. The molecule has 40 heavy (non-hydrogen) atoms. The Balaban J connectivity index is 1.38. The van der Waals surface area contributed by atoms with Gasteiger partial charge in [-0.1, -0.05) is 32.0 Å². The quantitative estimate of drug-likeness (QED) is 0.412. The third-order valence-electron chi connectivity index (χ3n) is 9.03. The zero-order valence-electron chi connectivity index (χ0n) is 23.0. The largest absolute Gasteiger partial charge is 0.595 e. The van der Waals surface area contributed by atoms with Crippen LogP contribution in [0.4, 0.5) is 11.4 Å². The van der Waals surface area contributed by atoms with Gasteiger partial charge in [0.05, 0.1) is 19.1 Å². The molecule has 3 aromatic rings. The predicted molar refractivity (Wildman–Crippen MR) is 151 cm³/mol. The molecule has 2 bridgehead atoms. The van der Waals surface area contributed by atoms with E-state index in [1.165, 1.54) is 0 Å². The maximum Gasteiger partial charge on any atom is 0.250 e. The van der Waals surface area contributed by atoms with E-state index in [9.17, 15) is 20.0 Å². The molecule has 3 aliphatic rings. The number of quaternary nitrogens is 1. The van der Waals surface area contributed by atoms with Crippen LogP contribution in [0.1, 0.15) is 49.0 Å². The van der Waals surface area contributed by atoms with Crippen molar-refractivity contribution in [1.29, 1.82) is 0 Å². The molecule has 0 radical (unpaired) electrons. The van der Waals surface area contributed by atoms with Crippen molar-refractivity contribution in [2.75, 3.05) is 18.6 Å². The van der Waals surface area contributed by atoms with Gasteiger partial charge in [-0.3, -0.25) is 9.59 Å². The number of hydrogen-bond donors (Lipinski definition) is 3. The van der Waals surface area contributed by atoms with Gasteiger partial charge in [0.1, 0.15) is 5.75 Å². The topological polar surface area (TPSA) is 111 Å². The Hall–Kier alpha value is -3.66. The van der Waals surface area contributed by atoms with Crippen molar-refractivity contribution in [3.63, 3.8) is 0 Å². The standard InChI is InChI=1S/C31H36N4O5/c1-18(2)29(19-7-10-24(40-3)11-8-19)32-31(37)25-15-20-14-23(35(38)39)9-12-27(20)34-16-21-13-22(30(25)34)17-33-26(21)5-4-6-28(33)36/h4-12,14,18,21-22,25,29-30,35,38H,13,15-17H2,1-3H3,(H,32,37). The molecule has 9 nitrogen and oxygen atoms in total. The van der Waals surface area contributed by atoms with Crippen molar-refractivity contribution in [2.45, 2.75) is 51.2 Å². The number of amides is 1. The number of rotatable bonds is 6. The average Bonchev–Trinajstić information content (AvgIpc) is 2.95. The zero-order valence-corrected chi connectivity index (χ0v) is 23.0. The van der Waals surface area contributed by atoms with E-state index in [2.05, 4.69) is 24.1 Å². The maximum atomic E-state index is 14.2. The molecule has 3 aliphatic heterocycles. The van der Waals surface area contributed by atoms with Gasteiger partial charge in [0.2, 0.25) is 5.91 Å². The lowest BCUT2D eigenvalue weighted by Crippen LogP contribution is -2.99. The van der Waals surface area contributed by atoms with Crippen molar-refractivity contribution in [3.05, 3.63) is 93.0 Å². The summed E-state index contributed by atoms with van der Waals surface area (Å²) in [7, 11) is 1.63. The van der Waals surface area contributed by atoms with E-state index in [1.807, 2.05) is 47.0 Å². The highest BCUT2D eigenvalue weighted by Crippen LogP contribution is 2.47.